The zero-order chi connectivity index (χ0) is 15.2. The van der Waals surface area contributed by atoms with E-state index in [1.807, 2.05) is 16.7 Å². The van der Waals surface area contributed by atoms with E-state index in [1.54, 1.807) is 13.3 Å². The van der Waals surface area contributed by atoms with Crippen LogP contribution in [-0.4, -0.2) is 50.3 Å². The molecule has 2 aromatic heterocycles. The van der Waals surface area contributed by atoms with Gasteiger partial charge in [0.05, 0.1) is 18.9 Å². The minimum Gasteiger partial charge on any atom is -0.481 e. The van der Waals surface area contributed by atoms with Crippen molar-refractivity contribution >= 4 is 33.7 Å². The standard InChI is InChI=1S/C12H13BrN4O3S/c1-20-5-4-17-11(9-3-2-8(13)6-14-9)15-16-12(17)21-7-10(18)19/h2-3,6H,4-5,7H2,1H3,(H,18,19). The Bertz CT molecular complexity index is 617. The lowest BCUT2D eigenvalue weighted by Gasteiger charge is -2.08. The molecule has 1 N–H and O–H groups in total. The third-order valence-electron chi connectivity index (χ3n) is 2.52. The van der Waals surface area contributed by atoms with Crippen LogP contribution >= 0.6 is 27.7 Å². The average molecular weight is 373 g/mol. The van der Waals surface area contributed by atoms with E-state index in [-0.39, 0.29) is 5.75 Å². The van der Waals surface area contributed by atoms with E-state index in [9.17, 15) is 4.79 Å². The number of pyridine rings is 1. The first-order valence-corrected chi connectivity index (χ1v) is 7.78. The molecule has 0 amide bonds. The smallest absolute Gasteiger partial charge is 0.313 e. The maximum atomic E-state index is 10.7. The molecule has 0 saturated heterocycles. The van der Waals surface area contributed by atoms with Crippen molar-refractivity contribution in [2.45, 2.75) is 11.7 Å². The fraction of sp³-hybridized carbons (Fsp3) is 0.333. The number of hydrogen-bond donors (Lipinski definition) is 1. The van der Waals surface area contributed by atoms with E-state index >= 15 is 0 Å². The molecule has 0 fully saturated rings. The quantitative estimate of drug-likeness (QED) is 0.742. The summed E-state index contributed by atoms with van der Waals surface area (Å²) in [5.41, 5.74) is 0.670. The fourth-order valence-electron chi connectivity index (χ4n) is 1.60. The van der Waals surface area contributed by atoms with Crippen LogP contribution < -0.4 is 0 Å². The van der Waals surface area contributed by atoms with Crippen LogP contribution in [0.2, 0.25) is 0 Å². The van der Waals surface area contributed by atoms with E-state index in [4.69, 9.17) is 9.84 Å². The Morgan fingerprint density at radius 3 is 2.90 bits per heavy atom. The molecule has 0 bridgehead atoms. The zero-order valence-electron chi connectivity index (χ0n) is 11.2. The summed E-state index contributed by atoms with van der Waals surface area (Å²) in [5, 5.41) is 17.5. The maximum absolute atomic E-state index is 10.7. The number of hydrogen-bond acceptors (Lipinski definition) is 6. The predicted octanol–water partition coefficient (Wildman–Crippen LogP) is 1.93. The number of carboxylic acids is 1. The molecular weight excluding hydrogens is 360 g/mol. The lowest BCUT2D eigenvalue weighted by molar-refractivity contribution is -0.133. The summed E-state index contributed by atoms with van der Waals surface area (Å²) in [6.45, 7) is 1.00. The summed E-state index contributed by atoms with van der Waals surface area (Å²) in [5.74, 6) is -0.379. The largest absolute Gasteiger partial charge is 0.481 e. The van der Waals surface area contributed by atoms with Gasteiger partial charge in [-0.1, -0.05) is 11.8 Å². The van der Waals surface area contributed by atoms with Gasteiger partial charge in [-0.2, -0.15) is 0 Å². The highest BCUT2D eigenvalue weighted by molar-refractivity contribution is 9.10. The van der Waals surface area contributed by atoms with Gasteiger partial charge in [0.2, 0.25) is 0 Å². The highest BCUT2D eigenvalue weighted by Gasteiger charge is 2.16. The molecule has 0 aliphatic rings. The van der Waals surface area contributed by atoms with Gasteiger partial charge in [-0.3, -0.25) is 14.3 Å². The summed E-state index contributed by atoms with van der Waals surface area (Å²) in [4.78, 5) is 15.0. The monoisotopic (exact) mass is 372 g/mol. The van der Waals surface area contributed by atoms with Gasteiger partial charge in [0, 0.05) is 17.8 Å². The number of nitrogens with zero attached hydrogens (tertiary/aromatic N) is 4. The lowest BCUT2D eigenvalue weighted by atomic mass is 10.3. The van der Waals surface area contributed by atoms with E-state index in [0.717, 1.165) is 16.2 Å². The van der Waals surface area contributed by atoms with E-state index in [2.05, 4.69) is 31.1 Å². The van der Waals surface area contributed by atoms with Gasteiger partial charge in [-0.25, -0.2) is 0 Å². The van der Waals surface area contributed by atoms with Gasteiger partial charge in [-0.15, -0.1) is 10.2 Å². The number of aliphatic carboxylic acids is 1. The van der Waals surface area contributed by atoms with Crippen LogP contribution in [0.5, 0.6) is 0 Å². The molecule has 0 unspecified atom stereocenters. The van der Waals surface area contributed by atoms with Crippen LogP contribution in [0.4, 0.5) is 0 Å². The minimum atomic E-state index is -0.899. The van der Waals surface area contributed by atoms with Gasteiger partial charge in [0.25, 0.3) is 0 Å². The Kier molecular flexibility index (Phi) is 5.71. The number of thioether (sulfide) groups is 1. The van der Waals surface area contributed by atoms with Crippen LogP contribution in [0.15, 0.2) is 28.0 Å². The molecule has 0 atom stereocenters. The molecule has 0 spiro atoms. The molecule has 9 heteroatoms. The Hall–Kier alpha value is -1.45. The zero-order valence-corrected chi connectivity index (χ0v) is 13.6. The molecule has 2 aromatic rings. The number of halogens is 1. The Morgan fingerprint density at radius 1 is 1.48 bits per heavy atom. The highest BCUT2D eigenvalue weighted by Crippen LogP contribution is 2.23. The van der Waals surface area contributed by atoms with Crippen LogP contribution in [0.1, 0.15) is 0 Å². The van der Waals surface area contributed by atoms with Gasteiger partial charge < -0.3 is 9.84 Å². The third kappa shape index (κ3) is 4.26. The van der Waals surface area contributed by atoms with E-state index < -0.39 is 5.97 Å². The normalized spacial score (nSPS) is 10.8. The first kappa shape index (κ1) is 15.9. The maximum Gasteiger partial charge on any atom is 0.313 e. The van der Waals surface area contributed by atoms with E-state index in [0.29, 0.717) is 29.8 Å². The van der Waals surface area contributed by atoms with Crippen molar-refractivity contribution < 1.29 is 14.6 Å². The molecule has 21 heavy (non-hydrogen) atoms. The van der Waals surface area contributed by atoms with Gasteiger partial charge in [0.1, 0.15) is 5.69 Å². The van der Waals surface area contributed by atoms with Crippen molar-refractivity contribution in [3.63, 3.8) is 0 Å². The molecule has 0 aromatic carbocycles. The van der Waals surface area contributed by atoms with Crippen molar-refractivity contribution in [3.05, 3.63) is 22.8 Å². The lowest BCUT2D eigenvalue weighted by Crippen LogP contribution is -2.09. The molecule has 2 rings (SSSR count). The van der Waals surface area contributed by atoms with Crippen LogP contribution in [-0.2, 0) is 16.1 Å². The number of rotatable bonds is 7. The Labute approximate surface area is 133 Å². The summed E-state index contributed by atoms with van der Waals surface area (Å²) in [6.07, 6.45) is 1.68. The molecule has 7 nitrogen and oxygen atoms in total. The van der Waals surface area contributed by atoms with Gasteiger partial charge in [-0.05, 0) is 28.1 Å². The number of carbonyl (C=O) groups is 1. The van der Waals surface area contributed by atoms with Gasteiger partial charge >= 0.3 is 5.97 Å². The van der Waals surface area contributed by atoms with Crippen LogP contribution in [0.3, 0.4) is 0 Å². The highest BCUT2D eigenvalue weighted by atomic mass is 79.9. The predicted molar refractivity (Wildman–Crippen MR) is 81.2 cm³/mol. The van der Waals surface area contributed by atoms with Crippen molar-refractivity contribution in [2.24, 2.45) is 0 Å². The van der Waals surface area contributed by atoms with Crippen molar-refractivity contribution in [1.29, 1.82) is 0 Å². The fourth-order valence-corrected chi connectivity index (χ4v) is 2.52. The minimum absolute atomic E-state index is 0.0706. The number of aromatic nitrogens is 4. The third-order valence-corrected chi connectivity index (χ3v) is 3.94. The topological polar surface area (TPSA) is 90.1 Å². The second kappa shape index (κ2) is 7.53. The molecule has 0 saturated carbocycles. The first-order valence-electron chi connectivity index (χ1n) is 6.00. The van der Waals surface area contributed by atoms with Crippen LogP contribution in [0.25, 0.3) is 11.5 Å². The summed E-state index contributed by atoms with van der Waals surface area (Å²) in [7, 11) is 1.60. The number of carboxylic acid groups (broad SMARTS) is 1. The van der Waals surface area contributed by atoms with E-state index in [1.165, 1.54) is 0 Å². The number of methoxy groups -OCH3 is 1. The van der Waals surface area contributed by atoms with Crippen LogP contribution in [0, 0.1) is 0 Å². The summed E-state index contributed by atoms with van der Waals surface area (Å²) >= 11 is 4.45. The van der Waals surface area contributed by atoms with Crippen molar-refractivity contribution in [1.82, 2.24) is 19.7 Å². The Morgan fingerprint density at radius 2 is 2.29 bits per heavy atom. The molecular formula is C12H13BrN4O3S. The van der Waals surface area contributed by atoms with Crippen molar-refractivity contribution in [3.8, 4) is 11.5 Å². The molecule has 0 aliphatic heterocycles. The second-order valence-electron chi connectivity index (χ2n) is 3.99. The summed E-state index contributed by atoms with van der Waals surface area (Å²) in [6, 6.07) is 3.69. The van der Waals surface area contributed by atoms with Crippen molar-refractivity contribution in [2.75, 3.05) is 19.5 Å². The molecule has 0 aliphatic carbocycles. The SMILES string of the molecule is COCCn1c(SCC(=O)O)nnc1-c1ccc(Br)cn1. The Balaban J connectivity index is 2.31. The number of ether oxygens (including phenoxy) is 1. The first-order chi connectivity index (χ1) is 10.1. The average Bonchev–Trinajstić information content (AvgIpc) is 2.86. The summed E-state index contributed by atoms with van der Waals surface area (Å²) < 4.78 is 7.76. The molecule has 112 valence electrons. The second-order valence-corrected chi connectivity index (χ2v) is 5.85. The van der Waals surface area contributed by atoms with Gasteiger partial charge in [0.15, 0.2) is 11.0 Å². The molecule has 2 heterocycles. The molecule has 0 radical (unpaired) electrons.